The molecule has 64 valence electrons. The lowest BCUT2D eigenvalue weighted by Crippen LogP contribution is -2.05. The minimum Gasteiger partial charge on any atom is -0.393 e. The molecule has 0 rings (SSSR count). The Labute approximate surface area is 67.9 Å². The van der Waals surface area contributed by atoms with Crippen molar-refractivity contribution in [3.05, 3.63) is 11.6 Å². The summed E-state index contributed by atoms with van der Waals surface area (Å²) in [6, 6.07) is 0. The van der Waals surface area contributed by atoms with Crippen LogP contribution in [0, 0.1) is 0 Å². The van der Waals surface area contributed by atoms with Crippen molar-refractivity contribution in [1.82, 2.24) is 0 Å². The molecule has 0 fully saturated rings. The van der Waals surface area contributed by atoms with Gasteiger partial charge < -0.3 is 5.11 Å². The van der Waals surface area contributed by atoms with E-state index in [1.54, 1.807) is 0 Å². The van der Waals surface area contributed by atoms with Gasteiger partial charge in [0.25, 0.3) is 0 Å². The van der Waals surface area contributed by atoms with Crippen molar-refractivity contribution in [2.45, 2.75) is 39.2 Å². The number of aliphatic hydroxyl groups excluding tert-OH is 1. The Kier molecular flexibility index (Phi) is 5.75. The third-order valence-electron chi connectivity index (χ3n) is 1.53. The molecule has 1 atom stereocenters. The molecule has 0 saturated carbocycles. The number of hydrogen-bond acceptors (Lipinski definition) is 2. The largest absolute Gasteiger partial charge is 0.393 e. The molecule has 0 aromatic rings. The average Bonchev–Trinajstić information content (AvgIpc) is 1.87. The number of carbonyl (C=O) groups is 1. The molecule has 2 heteroatoms. The van der Waals surface area contributed by atoms with Gasteiger partial charge in [-0.3, -0.25) is 4.79 Å². The van der Waals surface area contributed by atoms with Gasteiger partial charge in [-0.15, -0.1) is 0 Å². The fourth-order valence-electron chi connectivity index (χ4n) is 0.991. The number of rotatable bonds is 5. The van der Waals surface area contributed by atoms with E-state index in [4.69, 9.17) is 0 Å². The second-order valence-electron chi connectivity index (χ2n) is 2.80. The lowest BCUT2D eigenvalue weighted by Gasteiger charge is -2.07. The number of carbonyl (C=O) groups excluding carboxylic acids is 1. The van der Waals surface area contributed by atoms with Crippen LogP contribution in [-0.2, 0) is 4.79 Å². The summed E-state index contributed by atoms with van der Waals surface area (Å²) < 4.78 is 0. The van der Waals surface area contributed by atoms with Gasteiger partial charge in [0.1, 0.15) is 6.29 Å². The number of hydrogen-bond donors (Lipinski definition) is 1. The van der Waals surface area contributed by atoms with Crippen molar-refractivity contribution in [2.75, 3.05) is 0 Å². The predicted molar refractivity (Wildman–Crippen MR) is 45.4 cm³/mol. The van der Waals surface area contributed by atoms with E-state index in [0.717, 1.165) is 24.7 Å². The summed E-state index contributed by atoms with van der Waals surface area (Å²) >= 11 is 0. The zero-order chi connectivity index (χ0) is 8.69. The lowest BCUT2D eigenvalue weighted by atomic mass is 10.1. The van der Waals surface area contributed by atoms with Crippen LogP contribution in [0.2, 0.25) is 0 Å². The van der Waals surface area contributed by atoms with E-state index in [-0.39, 0.29) is 6.10 Å². The Hall–Kier alpha value is -0.630. The minimum absolute atomic E-state index is 0.281. The molecule has 0 heterocycles. The quantitative estimate of drug-likeness (QED) is 0.485. The molecule has 11 heavy (non-hydrogen) atoms. The van der Waals surface area contributed by atoms with Gasteiger partial charge in [-0.1, -0.05) is 18.9 Å². The van der Waals surface area contributed by atoms with Gasteiger partial charge in [0, 0.05) is 0 Å². The zero-order valence-corrected chi connectivity index (χ0v) is 7.21. The van der Waals surface area contributed by atoms with E-state index in [2.05, 4.69) is 0 Å². The van der Waals surface area contributed by atoms with Gasteiger partial charge in [-0.25, -0.2) is 0 Å². The Morgan fingerprint density at radius 3 is 2.73 bits per heavy atom. The van der Waals surface area contributed by atoms with Crippen molar-refractivity contribution in [1.29, 1.82) is 0 Å². The summed E-state index contributed by atoms with van der Waals surface area (Å²) in [5.41, 5.74) is 0.945. The van der Waals surface area contributed by atoms with Crippen LogP contribution in [0.1, 0.15) is 33.1 Å². The highest BCUT2D eigenvalue weighted by Crippen LogP contribution is 2.08. The Balaban J connectivity index is 3.64. The summed E-state index contributed by atoms with van der Waals surface area (Å²) in [5, 5.41) is 9.29. The third-order valence-corrected chi connectivity index (χ3v) is 1.53. The molecule has 0 aromatic heterocycles. The van der Waals surface area contributed by atoms with Gasteiger partial charge in [0.05, 0.1) is 6.10 Å². The summed E-state index contributed by atoms with van der Waals surface area (Å²) in [7, 11) is 0. The summed E-state index contributed by atoms with van der Waals surface area (Å²) in [4.78, 5) is 10.00. The topological polar surface area (TPSA) is 37.3 Å². The fraction of sp³-hybridized carbons (Fsp3) is 0.667. The highest BCUT2D eigenvalue weighted by Gasteiger charge is 2.02. The van der Waals surface area contributed by atoms with Gasteiger partial charge in [-0.05, 0) is 25.8 Å². The highest BCUT2D eigenvalue weighted by atomic mass is 16.3. The maximum absolute atomic E-state index is 10.00. The lowest BCUT2D eigenvalue weighted by molar-refractivity contribution is -0.104. The van der Waals surface area contributed by atoms with Crippen LogP contribution in [0.3, 0.4) is 0 Å². The molecule has 0 aromatic carbocycles. The maximum Gasteiger partial charge on any atom is 0.142 e. The van der Waals surface area contributed by atoms with Gasteiger partial charge in [0.2, 0.25) is 0 Å². The molecule has 0 amide bonds. The standard InChI is InChI=1S/C9H16O2/c1-3-4-9(11)7-8(2)5-6-10/h5-6,9,11H,3-4,7H2,1-2H3/b8-5+. The van der Waals surface area contributed by atoms with Crippen LogP contribution in [0.5, 0.6) is 0 Å². The van der Waals surface area contributed by atoms with E-state index in [1.807, 2.05) is 13.8 Å². The van der Waals surface area contributed by atoms with E-state index >= 15 is 0 Å². The zero-order valence-electron chi connectivity index (χ0n) is 7.21. The van der Waals surface area contributed by atoms with Crippen LogP contribution in [0.15, 0.2) is 11.6 Å². The molecule has 1 N–H and O–H groups in total. The first-order chi connectivity index (χ1) is 5.20. The maximum atomic E-state index is 10.00. The number of aliphatic hydroxyl groups is 1. The highest BCUT2D eigenvalue weighted by molar-refractivity contribution is 5.65. The first kappa shape index (κ1) is 10.4. The van der Waals surface area contributed by atoms with Crippen LogP contribution < -0.4 is 0 Å². The average molecular weight is 156 g/mol. The summed E-state index contributed by atoms with van der Waals surface area (Å²) in [6.45, 7) is 3.88. The van der Waals surface area contributed by atoms with E-state index in [1.165, 1.54) is 6.08 Å². The number of aldehydes is 1. The normalized spacial score (nSPS) is 14.6. The van der Waals surface area contributed by atoms with E-state index in [0.29, 0.717) is 6.42 Å². The molecular weight excluding hydrogens is 140 g/mol. The summed E-state index contributed by atoms with van der Waals surface area (Å²) in [5.74, 6) is 0. The van der Waals surface area contributed by atoms with E-state index < -0.39 is 0 Å². The first-order valence-corrected chi connectivity index (χ1v) is 3.99. The first-order valence-electron chi connectivity index (χ1n) is 3.99. The van der Waals surface area contributed by atoms with Gasteiger partial charge in [-0.2, -0.15) is 0 Å². The predicted octanol–water partition coefficient (Wildman–Crippen LogP) is 1.68. The molecule has 1 unspecified atom stereocenters. The monoisotopic (exact) mass is 156 g/mol. The Morgan fingerprint density at radius 1 is 1.64 bits per heavy atom. The van der Waals surface area contributed by atoms with Gasteiger partial charge in [0.15, 0.2) is 0 Å². The molecule has 0 aliphatic heterocycles. The Bertz CT molecular complexity index is 138. The van der Waals surface area contributed by atoms with Crippen LogP contribution in [0.25, 0.3) is 0 Å². The van der Waals surface area contributed by atoms with Crippen molar-refractivity contribution < 1.29 is 9.90 Å². The van der Waals surface area contributed by atoms with Gasteiger partial charge >= 0.3 is 0 Å². The SMILES string of the molecule is CCCC(O)C/C(C)=C/C=O. The van der Waals surface area contributed by atoms with Crippen molar-refractivity contribution in [3.8, 4) is 0 Å². The smallest absolute Gasteiger partial charge is 0.142 e. The molecule has 0 spiro atoms. The van der Waals surface area contributed by atoms with Crippen LogP contribution in [0.4, 0.5) is 0 Å². The number of allylic oxidation sites excluding steroid dienone is 1. The van der Waals surface area contributed by atoms with E-state index in [9.17, 15) is 9.90 Å². The Morgan fingerprint density at radius 2 is 2.27 bits per heavy atom. The molecule has 0 bridgehead atoms. The second kappa shape index (κ2) is 6.10. The van der Waals surface area contributed by atoms with Crippen molar-refractivity contribution in [2.24, 2.45) is 0 Å². The molecule has 0 aliphatic rings. The molecular formula is C9H16O2. The summed E-state index contributed by atoms with van der Waals surface area (Å²) in [6.07, 6.45) is 4.38. The third kappa shape index (κ3) is 5.80. The fourth-order valence-corrected chi connectivity index (χ4v) is 0.991. The molecule has 0 aliphatic carbocycles. The van der Waals surface area contributed by atoms with Crippen molar-refractivity contribution >= 4 is 6.29 Å². The van der Waals surface area contributed by atoms with Crippen molar-refractivity contribution in [3.63, 3.8) is 0 Å². The van der Waals surface area contributed by atoms with Crippen LogP contribution >= 0.6 is 0 Å². The molecule has 2 nitrogen and oxygen atoms in total. The molecule has 0 saturated heterocycles. The second-order valence-corrected chi connectivity index (χ2v) is 2.80. The van der Waals surface area contributed by atoms with Crippen LogP contribution in [-0.4, -0.2) is 17.5 Å². The minimum atomic E-state index is -0.281. The molecule has 0 radical (unpaired) electrons.